The zero-order valence-electron chi connectivity index (χ0n) is 6.30. The van der Waals surface area contributed by atoms with Crippen LogP contribution in [0.25, 0.3) is 0 Å². The van der Waals surface area contributed by atoms with Crippen LogP contribution in [0.5, 0.6) is 0 Å². The smallest absolute Gasteiger partial charge is 0.0474 e. The maximum absolute atomic E-state index is 2.49. The van der Waals surface area contributed by atoms with Gasteiger partial charge in [-0.05, 0) is 5.56 Å². The van der Waals surface area contributed by atoms with Gasteiger partial charge in [-0.2, -0.15) is 0 Å². The lowest BCUT2D eigenvalue weighted by Crippen LogP contribution is -1.99. The van der Waals surface area contributed by atoms with E-state index in [1.807, 2.05) is 0 Å². The van der Waals surface area contributed by atoms with Crippen molar-refractivity contribution in [1.82, 2.24) is 0 Å². The van der Waals surface area contributed by atoms with E-state index in [4.69, 9.17) is 0 Å². The molecule has 1 rings (SSSR count). The molecule has 0 aromatic heterocycles. The maximum atomic E-state index is 2.49. The predicted octanol–water partition coefficient (Wildman–Crippen LogP) is 3.99. The molecule has 2 unspecified atom stereocenters. The van der Waals surface area contributed by atoms with Crippen molar-refractivity contribution in [3.63, 3.8) is 0 Å². The highest BCUT2D eigenvalue weighted by molar-refractivity contribution is 14.1. The highest BCUT2D eigenvalue weighted by atomic mass is 127. The highest BCUT2D eigenvalue weighted by Crippen LogP contribution is 2.31. The molecule has 0 heterocycles. The monoisotopic (exact) mass is 372 g/mol. The molecule has 2 heteroatoms. The fourth-order valence-electron chi connectivity index (χ4n) is 0.902. The van der Waals surface area contributed by atoms with Crippen LogP contribution in [0.3, 0.4) is 0 Å². The topological polar surface area (TPSA) is 0 Å². The van der Waals surface area contributed by atoms with E-state index in [-0.39, 0.29) is 0 Å². The molecule has 0 spiro atoms. The zero-order chi connectivity index (χ0) is 8.27. The summed E-state index contributed by atoms with van der Waals surface area (Å²) in [5.41, 5.74) is 1.43. The quantitative estimate of drug-likeness (QED) is 0.544. The lowest BCUT2D eigenvalue weighted by Gasteiger charge is -2.11. The van der Waals surface area contributed by atoms with Gasteiger partial charge in [-0.25, -0.2) is 0 Å². The van der Waals surface area contributed by atoms with Gasteiger partial charge < -0.3 is 0 Å². The summed E-state index contributed by atoms with van der Waals surface area (Å²) in [6.45, 7) is 2.24. The second-order valence-electron chi connectivity index (χ2n) is 2.49. The summed E-state index contributed by atoms with van der Waals surface area (Å²) in [4.78, 5) is 0. The van der Waals surface area contributed by atoms with Gasteiger partial charge in [0, 0.05) is 7.85 Å². The van der Waals surface area contributed by atoms with Gasteiger partial charge in [0.2, 0.25) is 0 Å². The summed E-state index contributed by atoms with van der Waals surface area (Å²) >= 11 is 4.95. The van der Waals surface area contributed by atoms with Crippen LogP contribution in [0.1, 0.15) is 16.4 Å². The minimum atomic E-state index is 0.634. The molecule has 11 heavy (non-hydrogen) atoms. The minimum absolute atomic E-state index is 0.634. The van der Waals surface area contributed by atoms with Gasteiger partial charge in [-0.3, -0.25) is 0 Å². The Morgan fingerprint density at radius 3 is 2.09 bits per heavy atom. The van der Waals surface area contributed by atoms with Gasteiger partial charge >= 0.3 is 0 Å². The standard InChI is InChI=1S/C9H10I2/c1-7(10)9(11)8-5-3-2-4-6-8/h2-7,9H,1H3. The van der Waals surface area contributed by atoms with E-state index in [1.165, 1.54) is 5.56 Å². The largest absolute Gasteiger partial charge is 0.0814 e. The summed E-state index contributed by atoms with van der Waals surface area (Å²) in [5, 5.41) is 0. The number of benzene rings is 1. The number of alkyl halides is 2. The predicted molar refractivity (Wildman–Crippen MR) is 66.7 cm³/mol. The molecule has 2 atom stereocenters. The average molecular weight is 372 g/mol. The number of rotatable bonds is 2. The fourth-order valence-corrected chi connectivity index (χ4v) is 1.73. The van der Waals surface area contributed by atoms with Crippen LogP contribution in [0.4, 0.5) is 0 Å². The van der Waals surface area contributed by atoms with Gasteiger partial charge in [-0.15, -0.1) is 0 Å². The van der Waals surface area contributed by atoms with Crippen LogP contribution in [0, 0.1) is 0 Å². The Hall–Kier alpha value is 0.680. The first-order chi connectivity index (χ1) is 5.22. The van der Waals surface area contributed by atoms with Crippen molar-refractivity contribution in [2.75, 3.05) is 0 Å². The first-order valence-electron chi connectivity index (χ1n) is 3.55. The van der Waals surface area contributed by atoms with Crippen molar-refractivity contribution in [1.29, 1.82) is 0 Å². The molecule has 1 aromatic carbocycles. The lowest BCUT2D eigenvalue weighted by molar-refractivity contribution is 0.983. The van der Waals surface area contributed by atoms with Crippen molar-refractivity contribution >= 4 is 45.2 Å². The van der Waals surface area contributed by atoms with E-state index in [0.29, 0.717) is 7.85 Å². The summed E-state index contributed by atoms with van der Waals surface area (Å²) in [6.07, 6.45) is 0. The minimum Gasteiger partial charge on any atom is -0.0814 e. The van der Waals surface area contributed by atoms with Crippen LogP contribution in [0.15, 0.2) is 30.3 Å². The van der Waals surface area contributed by atoms with Crippen LogP contribution in [-0.4, -0.2) is 3.92 Å². The Balaban J connectivity index is 2.77. The van der Waals surface area contributed by atoms with E-state index in [2.05, 4.69) is 82.4 Å². The molecule has 0 saturated heterocycles. The average Bonchev–Trinajstić information content (AvgIpc) is 2.05. The number of hydrogen-bond acceptors (Lipinski definition) is 0. The Kier molecular flexibility index (Phi) is 4.12. The van der Waals surface area contributed by atoms with Crippen LogP contribution in [0.2, 0.25) is 0 Å². The molecule has 0 aliphatic heterocycles. The van der Waals surface area contributed by atoms with Gasteiger partial charge in [-0.1, -0.05) is 82.4 Å². The van der Waals surface area contributed by atoms with E-state index in [9.17, 15) is 0 Å². The molecule has 0 radical (unpaired) electrons. The van der Waals surface area contributed by atoms with Gasteiger partial charge in [0.1, 0.15) is 0 Å². The third-order valence-corrected chi connectivity index (χ3v) is 5.41. The third kappa shape index (κ3) is 2.89. The van der Waals surface area contributed by atoms with E-state index in [1.54, 1.807) is 0 Å². The Labute approximate surface area is 95.0 Å². The molecule has 0 fully saturated rings. The normalized spacial score (nSPS) is 15.9. The van der Waals surface area contributed by atoms with Crippen molar-refractivity contribution in [3.05, 3.63) is 35.9 Å². The molecule has 0 aliphatic rings. The van der Waals surface area contributed by atoms with Gasteiger partial charge in [0.25, 0.3) is 0 Å². The molecule has 1 aromatic rings. The first kappa shape index (κ1) is 9.77. The molecule has 60 valence electrons. The highest BCUT2D eigenvalue weighted by Gasteiger charge is 2.11. The van der Waals surface area contributed by atoms with Gasteiger partial charge in [0.05, 0.1) is 0 Å². The molecule has 0 aliphatic carbocycles. The second-order valence-corrected chi connectivity index (χ2v) is 5.80. The van der Waals surface area contributed by atoms with E-state index < -0.39 is 0 Å². The maximum Gasteiger partial charge on any atom is 0.0474 e. The summed E-state index contributed by atoms with van der Waals surface area (Å²) < 4.78 is 1.32. The molecule has 0 amide bonds. The molecular weight excluding hydrogens is 362 g/mol. The summed E-state index contributed by atoms with van der Waals surface area (Å²) in [7, 11) is 0. The molecule has 0 bridgehead atoms. The van der Waals surface area contributed by atoms with E-state index in [0.717, 1.165) is 0 Å². The lowest BCUT2D eigenvalue weighted by atomic mass is 10.1. The zero-order valence-corrected chi connectivity index (χ0v) is 10.6. The van der Waals surface area contributed by atoms with Gasteiger partial charge in [0.15, 0.2) is 0 Å². The second kappa shape index (κ2) is 4.64. The number of halogens is 2. The summed E-state index contributed by atoms with van der Waals surface area (Å²) in [5.74, 6) is 0. The number of hydrogen-bond donors (Lipinski definition) is 0. The van der Waals surface area contributed by atoms with E-state index >= 15 is 0 Å². The third-order valence-electron chi connectivity index (χ3n) is 1.52. The van der Waals surface area contributed by atoms with Crippen molar-refractivity contribution in [3.8, 4) is 0 Å². The van der Waals surface area contributed by atoms with Crippen molar-refractivity contribution in [2.24, 2.45) is 0 Å². The van der Waals surface area contributed by atoms with Crippen molar-refractivity contribution < 1.29 is 0 Å². The fraction of sp³-hybridized carbons (Fsp3) is 0.333. The molecule has 0 N–H and O–H groups in total. The Morgan fingerprint density at radius 2 is 1.64 bits per heavy atom. The molecular formula is C9H10I2. The van der Waals surface area contributed by atoms with Crippen LogP contribution < -0.4 is 0 Å². The first-order valence-corrected chi connectivity index (χ1v) is 6.04. The SMILES string of the molecule is CC(I)C(I)c1ccccc1. The van der Waals surface area contributed by atoms with Crippen molar-refractivity contribution in [2.45, 2.75) is 14.8 Å². The Bertz CT molecular complexity index is 206. The Morgan fingerprint density at radius 1 is 1.09 bits per heavy atom. The molecule has 0 saturated carbocycles. The van der Waals surface area contributed by atoms with Crippen LogP contribution >= 0.6 is 45.2 Å². The van der Waals surface area contributed by atoms with Crippen LogP contribution in [-0.2, 0) is 0 Å². The molecule has 0 nitrogen and oxygen atoms in total. The summed E-state index contributed by atoms with van der Waals surface area (Å²) in [6, 6.07) is 10.6.